The highest BCUT2D eigenvalue weighted by molar-refractivity contribution is 7.12. The predicted molar refractivity (Wildman–Crippen MR) is 112 cm³/mol. The molecule has 0 unspecified atom stereocenters. The van der Waals surface area contributed by atoms with Gasteiger partial charge in [-0.05, 0) is 42.8 Å². The number of amides is 1. The number of carbonyl (C=O) groups excluding carboxylic acids is 2. The minimum Gasteiger partial charge on any atom is -0.468 e. The normalized spacial score (nSPS) is 20.2. The number of benzene rings is 1. The number of nitrogens with one attached hydrogen (secondary N) is 1. The van der Waals surface area contributed by atoms with E-state index in [2.05, 4.69) is 35.3 Å². The largest absolute Gasteiger partial charge is 0.468 e. The number of methoxy groups -OCH3 is 1. The Hall–Kier alpha value is -2.44. The third-order valence-corrected chi connectivity index (χ3v) is 5.96. The molecule has 0 bridgehead atoms. The highest BCUT2D eigenvalue weighted by Crippen LogP contribution is 2.23. The van der Waals surface area contributed by atoms with E-state index in [9.17, 15) is 9.59 Å². The Balaban J connectivity index is 1.68. The Labute approximate surface area is 170 Å². The molecule has 148 valence electrons. The highest BCUT2D eigenvalue weighted by Gasteiger charge is 2.38. The van der Waals surface area contributed by atoms with E-state index in [4.69, 9.17) is 4.74 Å². The molecule has 2 heterocycles. The van der Waals surface area contributed by atoms with E-state index in [1.54, 1.807) is 0 Å². The first-order chi connectivity index (χ1) is 13.5. The minimum atomic E-state index is -0.348. The average Bonchev–Trinajstić information content (AvgIpc) is 3.27. The number of aryl methyl sites for hydroxylation is 1. The van der Waals surface area contributed by atoms with Crippen LogP contribution in [0.3, 0.4) is 0 Å². The van der Waals surface area contributed by atoms with E-state index in [1.165, 1.54) is 18.4 Å². The molecule has 1 N–H and O–H groups in total. The number of thiophene rings is 1. The second kappa shape index (κ2) is 9.17. The number of likely N-dealkylation sites (tertiary alicyclic amines) is 1. The van der Waals surface area contributed by atoms with Crippen LogP contribution in [0.4, 0.5) is 0 Å². The maximum absolute atomic E-state index is 12.6. The fourth-order valence-corrected chi connectivity index (χ4v) is 4.45. The van der Waals surface area contributed by atoms with Crippen molar-refractivity contribution >= 4 is 29.3 Å². The smallest absolute Gasteiger partial charge is 0.323 e. The van der Waals surface area contributed by atoms with E-state index in [0.717, 1.165) is 21.6 Å². The molecule has 28 heavy (non-hydrogen) atoms. The maximum Gasteiger partial charge on any atom is 0.323 e. The number of esters is 1. The van der Waals surface area contributed by atoms with Gasteiger partial charge in [-0.15, -0.1) is 11.3 Å². The second-order valence-corrected chi connectivity index (χ2v) is 8.12. The molecular formula is C22H26N2O3S. The summed E-state index contributed by atoms with van der Waals surface area (Å²) in [5.41, 5.74) is 3.26. The number of hydrogen-bond acceptors (Lipinski definition) is 5. The third-order valence-electron chi connectivity index (χ3n) is 4.95. The van der Waals surface area contributed by atoms with Gasteiger partial charge in [0.05, 0.1) is 12.0 Å². The van der Waals surface area contributed by atoms with Crippen LogP contribution >= 0.6 is 11.3 Å². The summed E-state index contributed by atoms with van der Waals surface area (Å²) in [6, 6.07) is 11.6. The van der Waals surface area contributed by atoms with Gasteiger partial charge in [-0.2, -0.15) is 0 Å². The molecule has 1 aliphatic rings. The molecule has 1 aromatic carbocycles. The lowest BCUT2D eigenvalue weighted by Gasteiger charge is -2.22. The molecular weight excluding hydrogens is 372 g/mol. The second-order valence-electron chi connectivity index (χ2n) is 7.21. The summed E-state index contributed by atoms with van der Waals surface area (Å²) in [6.45, 7) is 5.26. The van der Waals surface area contributed by atoms with Crippen molar-refractivity contribution in [2.75, 3.05) is 20.2 Å². The van der Waals surface area contributed by atoms with Crippen LogP contribution in [0.5, 0.6) is 0 Å². The first-order valence-corrected chi connectivity index (χ1v) is 10.2. The lowest BCUT2D eigenvalue weighted by molar-refractivity contribution is -0.145. The number of hydrogen-bond donors (Lipinski definition) is 1. The number of carbonyl (C=O) groups is 2. The summed E-state index contributed by atoms with van der Waals surface area (Å²) in [6.07, 6.45) is 2.68. The van der Waals surface area contributed by atoms with Gasteiger partial charge in [0.2, 0.25) is 0 Å². The first-order valence-electron chi connectivity index (χ1n) is 9.37. The Morgan fingerprint density at radius 2 is 2.04 bits per heavy atom. The Morgan fingerprint density at radius 1 is 1.29 bits per heavy atom. The van der Waals surface area contributed by atoms with Crippen LogP contribution < -0.4 is 5.32 Å². The van der Waals surface area contributed by atoms with Gasteiger partial charge < -0.3 is 10.1 Å². The maximum atomic E-state index is 12.6. The van der Waals surface area contributed by atoms with Gasteiger partial charge in [0.1, 0.15) is 6.04 Å². The summed E-state index contributed by atoms with van der Waals surface area (Å²) in [7, 11) is 1.41. The quantitative estimate of drug-likeness (QED) is 0.757. The van der Waals surface area contributed by atoms with Crippen LogP contribution in [0.1, 0.15) is 34.1 Å². The van der Waals surface area contributed by atoms with Crippen LogP contribution in [0.25, 0.3) is 6.08 Å². The van der Waals surface area contributed by atoms with Gasteiger partial charge in [0, 0.05) is 19.1 Å². The molecule has 1 aliphatic heterocycles. The van der Waals surface area contributed by atoms with E-state index in [1.807, 2.05) is 36.6 Å². The van der Waals surface area contributed by atoms with Crippen molar-refractivity contribution in [3.63, 3.8) is 0 Å². The molecule has 5 nitrogen and oxygen atoms in total. The van der Waals surface area contributed by atoms with E-state index >= 15 is 0 Å². The molecule has 1 saturated heterocycles. The van der Waals surface area contributed by atoms with Gasteiger partial charge in [0.15, 0.2) is 0 Å². The minimum absolute atomic E-state index is 0.0699. The van der Waals surface area contributed by atoms with Crippen molar-refractivity contribution in [3.8, 4) is 0 Å². The van der Waals surface area contributed by atoms with Crippen molar-refractivity contribution in [2.45, 2.75) is 32.4 Å². The lowest BCUT2D eigenvalue weighted by Crippen LogP contribution is -2.38. The van der Waals surface area contributed by atoms with Crippen LogP contribution in [-0.4, -0.2) is 49.1 Å². The number of rotatable bonds is 6. The highest BCUT2D eigenvalue weighted by atomic mass is 32.1. The van der Waals surface area contributed by atoms with Crippen molar-refractivity contribution in [1.29, 1.82) is 0 Å². The molecule has 6 heteroatoms. The zero-order valence-electron chi connectivity index (χ0n) is 16.5. The summed E-state index contributed by atoms with van der Waals surface area (Å²) in [4.78, 5) is 27.7. The third kappa shape index (κ3) is 4.88. The van der Waals surface area contributed by atoms with Crippen LogP contribution in [0.2, 0.25) is 0 Å². The zero-order valence-corrected chi connectivity index (χ0v) is 17.3. The predicted octanol–water partition coefficient (Wildman–Crippen LogP) is 3.51. The standard InChI is InChI=1S/C22H26N2O3S/c1-15(11-17-7-5-4-6-8-17)13-24-14-18(12-19(24)22(26)27-3)23-21(25)20-16(2)9-10-28-20/h4-11,18-19H,12-14H2,1-3H3,(H,23,25)/b15-11+/t18-,19-/m0/s1. The van der Waals surface area contributed by atoms with Crippen molar-refractivity contribution in [1.82, 2.24) is 10.2 Å². The molecule has 3 rings (SSSR count). The fourth-order valence-electron chi connectivity index (χ4n) is 3.62. The van der Waals surface area contributed by atoms with Crippen LogP contribution in [0.15, 0.2) is 47.4 Å². The van der Waals surface area contributed by atoms with Crippen LogP contribution in [-0.2, 0) is 9.53 Å². The fraction of sp³-hybridized carbons (Fsp3) is 0.364. The number of nitrogens with zero attached hydrogens (tertiary/aromatic N) is 1. The molecule has 0 aliphatic carbocycles. The van der Waals surface area contributed by atoms with Gasteiger partial charge in [-0.1, -0.05) is 42.0 Å². The summed E-state index contributed by atoms with van der Waals surface area (Å²) >= 11 is 1.44. The van der Waals surface area contributed by atoms with Gasteiger partial charge in [0.25, 0.3) is 5.91 Å². The molecule has 0 radical (unpaired) electrons. The lowest BCUT2D eigenvalue weighted by atomic mass is 10.1. The van der Waals surface area contributed by atoms with Crippen molar-refractivity contribution in [3.05, 3.63) is 63.4 Å². The first kappa shape index (κ1) is 20.3. The van der Waals surface area contributed by atoms with E-state index < -0.39 is 0 Å². The molecule has 1 fully saturated rings. The summed E-state index contributed by atoms with van der Waals surface area (Å²) in [5.74, 6) is -0.323. The molecule has 0 spiro atoms. The van der Waals surface area contributed by atoms with Crippen molar-refractivity contribution in [2.24, 2.45) is 0 Å². The topological polar surface area (TPSA) is 58.6 Å². The Bertz CT molecular complexity index is 860. The molecule has 2 aromatic rings. The Kier molecular flexibility index (Phi) is 6.65. The van der Waals surface area contributed by atoms with E-state index in [-0.39, 0.29) is 24.0 Å². The van der Waals surface area contributed by atoms with Crippen molar-refractivity contribution < 1.29 is 14.3 Å². The van der Waals surface area contributed by atoms with Gasteiger partial charge in [-0.25, -0.2) is 0 Å². The number of ether oxygens (including phenoxy) is 1. The Morgan fingerprint density at radius 3 is 2.68 bits per heavy atom. The van der Waals surface area contributed by atoms with Crippen LogP contribution in [0, 0.1) is 6.92 Å². The SMILES string of the molecule is COC(=O)[C@@H]1C[C@H](NC(=O)c2sccc2C)CN1C/C(C)=C/c1ccccc1. The zero-order chi connectivity index (χ0) is 20.1. The molecule has 1 aromatic heterocycles. The monoisotopic (exact) mass is 398 g/mol. The summed E-state index contributed by atoms with van der Waals surface area (Å²) < 4.78 is 5.00. The van der Waals surface area contributed by atoms with E-state index in [0.29, 0.717) is 19.5 Å². The molecule has 2 atom stereocenters. The average molecular weight is 399 g/mol. The summed E-state index contributed by atoms with van der Waals surface area (Å²) in [5, 5.41) is 5.00. The molecule has 1 amide bonds. The molecule has 0 saturated carbocycles. The van der Waals surface area contributed by atoms with Gasteiger partial charge >= 0.3 is 5.97 Å². The van der Waals surface area contributed by atoms with Gasteiger partial charge in [-0.3, -0.25) is 14.5 Å².